The minimum absolute atomic E-state index is 0.168. The highest BCUT2D eigenvalue weighted by Gasteiger charge is 2.28. The van der Waals surface area contributed by atoms with Crippen LogP contribution in [0.3, 0.4) is 0 Å². The van der Waals surface area contributed by atoms with Crippen molar-refractivity contribution in [2.75, 3.05) is 19.6 Å². The number of amides is 1. The van der Waals surface area contributed by atoms with E-state index in [1.807, 2.05) is 0 Å². The lowest BCUT2D eigenvalue weighted by Gasteiger charge is -2.36. The molecular formula is C17H19FN4O3. The van der Waals surface area contributed by atoms with E-state index in [-0.39, 0.29) is 24.3 Å². The standard InChI is InChI=1S/C17H19FN4O3/c1-20-15(23)5-7-21(17(20)25)11-16(24)22-8-6-19-10-14(22)12-3-2-4-13(18)9-12/h2-5,7,9,14,19H,6,8,10-11H2,1H3. The van der Waals surface area contributed by atoms with E-state index in [2.05, 4.69) is 5.32 Å². The summed E-state index contributed by atoms with van der Waals surface area (Å²) in [4.78, 5) is 37.9. The lowest BCUT2D eigenvalue weighted by Crippen LogP contribution is -2.50. The van der Waals surface area contributed by atoms with Crippen molar-refractivity contribution in [3.63, 3.8) is 0 Å². The molecule has 1 saturated heterocycles. The summed E-state index contributed by atoms with van der Waals surface area (Å²) in [5.74, 6) is -0.610. The quantitative estimate of drug-likeness (QED) is 0.839. The molecule has 0 aliphatic carbocycles. The maximum absolute atomic E-state index is 13.5. The fourth-order valence-electron chi connectivity index (χ4n) is 2.99. The van der Waals surface area contributed by atoms with Crippen LogP contribution >= 0.6 is 0 Å². The first-order valence-corrected chi connectivity index (χ1v) is 7.99. The molecule has 0 saturated carbocycles. The Hall–Kier alpha value is -2.74. The number of benzene rings is 1. The first-order valence-electron chi connectivity index (χ1n) is 7.99. The Morgan fingerprint density at radius 3 is 2.88 bits per heavy atom. The second-order valence-corrected chi connectivity index (χ2v) is 5.99. The average Bonchev–Trinajstić information content (AvgIpc) is 2.62. The van der Waals surface area contributed by atoms with Crippen LogP contribution in [0.4, 0.5) is 4.39 Å². The first kappa shape index (κ1) is 17.1. The van der Waals surface area contributed by atoms with Crippen LogP contribution in [0.1, 0.15) is 11.6 Å². The van der Waals surface area contributed by atoms with Crippen molar-refractivity contribution < 1.29 is 9.18 Å². The fraction of sp³-hybridized carbons (Fsp3) is 0.353. The van der Waals surface area contributed by atoms with E-state index in [1.165, 1.54) is 36.0 Å². The summed E-state index contributed by atoms with van der Waals surface area (Å²) < 4.78 is 15.7. The lowest BCUT2D eigenvalue weighted by molar-refractivity contribution is -0.135. The van der Waals surface area contributed by atoms with Crippen molar-refractivity contribution in [2.45, 2.75) is 12.6 Å². The summed E-state index contributed by atoms with van der Waals surface area (Å²) in [7, 11) is 1.37. The molecule has 0 radical (unpaired) electrons. The van der Waals surface area contributed by atoms with Crippen LogP contribution < -0.4 is 16.6 Å². The lowest BCUT2D eigenvalue weighted by atomic mass is 10.0. The van der Waals surface area contributed by atoms with Gasteiger partial charge in [-0.05, 0) is 17.7 Å². The van der Waals surface area contributed by atoms with E-state index in [0.717, 1.165) is 4.57 Å². The van der Waals surface area contributed by atoms with Crippen molar-refractivity contribution >= 4 is 5.91 Å². The Labute approximate surface area is 143 Å². The van der Waals surface area contributed by atoms with Gasteiger partial charge in [0.1, 0.15) is 12.4 Å². The monoisotopic (exact) mass is 346 g/mol. The van der Waals surface area contributed by atoms with Crippen LogP contribution in [0.25, 0.3) is 0 Å². The fourth-order valence-corrected chi connectivity index (χ4v) is 2.99. The number of hydrogen-bond acceptors (Lipinski definition) is 4. The molecule has 2 heterocycles. The largest absolute Gasteiger partial charge is 0.332 e. The number of aromatic nitrogens is 2. The van der Waals surface area contributed by atoms with Crippen LogP contribution in [-0.4, -0.2) is 39.6 Å². The highest BCUT2D eigenvalue weighted by Crippen LogP contribution is 2.23. The summed E-state index contributed by atoms with van der Waals surface area (Å²) in [5, 5.41) is 3.20. The Kier molecular flexibility index (Phi) is 4.80. The molecule has 2 aromatic rings. The second kappa shape index (κ2) is 7.02. The summed E-state index contributed by atoms with van der Waals surface area (Å²) >= 11 is 0. The highest BCUT2D eigenvalue weighted by atomic mass is 19.1. The molecule has 1 aromatic carbocycles. The van der Waals surface area contributed by atoms with Gasteiger partial charge >= 0.3 is 5.69 Å². The third-order valence-electron chi connectivity index (χ3n) is 4.36. The smallest absolute Gasteiger partial charge is 0.331 e. The first-order chi connectivity index (χ1) is 12.0. The number of carbonyl (C=O) groups is 1. The Morgan fingerprint density at radius 2 is 2.12 bits per heavy atom. The molecule has 1 aliphatic rings. The summed E-state index contributed by atoms with van der Waals surface area (Å²) in [6.07, 6.45) is 1.32. The number of carbonyl (C=O) groups excluding carboxylic acids is 1. The molecule has 1 fully saturated rings. The molecule has 3 rings (SSSR count). The van der Waals surface area contributed by atoms with Gasteiger partial charge in [0.15, 0.2) is 0 Å². The zero-order chi connectivity index (χ0) is 18.0. The van der Waals surface area contributed by atoms with E-state index < -0.39 is 11.2 Å². The minimum Gasteiger partial charge on any atom is -0.332 e. The molecule has 0 spiro atoms. The van der Waals surface area contributed by atoms with E-state index in [0.29, 0.717) is 25.2 Å². The number of rotatable bonds is 3. The molecule has 132 valence electrons. The third-order valence-corrected chi connectivity index (χ3v) is 4.36. The van der Waals surface area contributed by atoms with Crippen molar-refractivity contribution in [3.8, 4) is 0 Å². The van der Waals surface area contributed by atoms with E-state index >= 15 is 0 Å². The number of hydrogen-bond donors (Lipinski definition) is 1. The molecular weight excluding hydrogens is 327 g/mol. The normalized spacial score (nSPS) is 17.5. The second-order valence-electron chi connectivity index (χ2n) is 5.99. The molecule has 25 heavy (non-hydrogen) atoms. The van der Waals surface area contributed by atoms with Crippen LogP contribution in [-0.2, 0) is 18.4 Å². The Morgan fingerprint density at radius 1 is 1.32 bits per heavy atom. The molecule has 8 heteroatoms. The maximum Gasteiger partial charge on any atom is 0.331 e. The zero-order valence-electron chi connectivity index (χ0n) is 13.8. The van der Waals surface area contributed by atoms with Gasteiger partial charge in [-0.15, -0.1) is 0 Å². The van der Waals surface area contributed by atoms with Crippen LogP contribution in [0.15, 0.2) is 46.1 Å². The predicted octanol–water partition coefficient (Wildman–Crippen LogP) is -0.141. The van der Waals surface area contributed by atoms with E-state index in [4.69, 9.17) is 0 Å². The van der Waals surface area contributed by atoms with Gasteiger partial charge in [-0.25, -0.2) is 9.18 Å². The number of nitrogens with zero attached hydrogens (tertiary/aromatic N) is 3. The van der Waals surface area contributed by atoms with E-state index in [1.54, 1.807) is 17.0 Å². The molecule has 1 aliphatic heterocycles. The molecule has 7 nitrogen and oxygen atoms in total. The number of nitrogens with one attached hydrogen (secondary N) is 1. The van der Waals surface area contributed by atoms with Gasteiger partial charge in [0.2, 0.25) is 5.91 Å². The molecule has 1 unspecified atom stereocenters. The van der Waals surface area contributed by atoms with Crippen molar-refractivity contribution in [3.05, 3.63) is 68.7 Å². The summed E-state index contributed by atoms with van der Waals surface area (Å²) in [6, 6.07) is 7.10. The zero-order valence-corrected chi connectivity index (χ0v) is 13.8. The van der Waals surface area contributed by atoms with Crippen LogP contribution in [0, 0.1) is 5.82 Å². The maximum atomic E-state index is 13.5. The Bertz CT molecular complexity index is 905. The van der Waals surface area contributed by atoms with E-state index in [9.17, 15) is 18.8 Å². The molecule has 1 atom stereocenters. The SMILES string of the molecule is Cn1c(=O)ccn(CC(=O)N2CCNCC2c2cccc(F)c2)c1=O. The van der Waals surface area contributed by atoms with Gasteiger partial charge in [-0.1, -0.05) is 12.1 Å². The van der Waals surface area contributed by atoms with Crippen LogP contribution in [0.5, 0.6) is 0 Å². The van der Waals surface area contributed by atoms with Gasteiger partial charge in [-0.3, -0.25) is 18.7 Å². The topological polar surface area (TPSA) is 76.3 Å². The molecule has 1 N–H and O–H groups in total. The Balaban J connectivity index is 1.85. The number of halogens is 1. The number of piperazine rings is 1. The van der Waals surface area contributed by atoms with Gasteiger partial charge in [-0.2, -0.15) is 0 Å². The van der Waals surface area contributed by atoms with Gasteiger partial charge in [0.25, 0.3) is 5.56 Å². The van der Waals surface area contributed by atoms with Crippen LogP contribution in [0.2, 0.25) is 0 Å². The minimum atomic E-state index is -0.543. The van der Waals surface area contributed by atoms with Crippen molar-refractivity contribution in [2.24, 2.45) is 7.05 Å². The van der Waals surface area contributed by atoms with Gasteiger partial charge in [0.05, 0.1) is 6.04 Å². The average molecular weight is 346 g/mol. The summed E-state index contributed by atoms with van der Waals surface area (Å²) in [6.45, 7) is 1.43. The molecule has 0 bridgehead atoms. The van der Waals surface area contributed by atoms with Gasteiger partial charge in [0, 0.05) is 38.9 Å². The summed E-state index contributed by atoms with van der Waals surface area (Å²) in [5.41, 5.74) is -0.264. The van der Waals surface area contributed by atoms with Gasteiger partial charge < -0.3 is 10.2 Å². The highest BCUT2D eigenvalue weighted by molar-refractivity contribution is 5.76. The molecule has 1 aromatic heterocycles. The third kappa shape index (κ3) is 3.53. The van der Waals surface area contributed by atoms with Crippen molar-refractivity contribution in [1.82, 2.24) is 19.4 Å². The molecule has 1 amide bonds. The predicted molar refractivity (Wildman–Crippen MR) is 89.7 cm³/mol. The van der Waals surface area contributed by atoms with Crippen molar-refractivity contribution in [1.29, 1.82) is 0 Å².